The van der Waals surface area contributed by atoms with Gasteiger partial charge in [0, 0.05) is 23.5 Å². The molecule has 0 saturated carbocycles. The topological polar surface area (TPSA) is 17.8 Å². The third kappa shape index (κ3) is 1.80. The van der Waals surface area contributed by atoms with Gasteiger partial charge in [-0.1, -0.05) is 13.8 Å². The fourth-order valence-corrected chi connectivity index (χ4v) is 2.95. The first-order valence-corrected chi connectivity index (χ1v) is 5.49. The van der Waals surface area contributed by atoms with Crippen LogP contribution in [0, 0.1) is 5.41 Å². The molecule has 70 valence electrons. The third-order valence-corrected chi connectivity index (χ3v) is 3.82. The molecule has 1 fully saturated rings. The van der Waals surface area contributed by atoms with Crippen LogP contribution in [-0.4, -0.2) is 15.3 Å². The number of hydrogen-bond acceptors (Lipinski definition) is 2. The van der Waals surface area contributed by atoms with Gasteiger partial charge in [0.05, 0.1) is 6.33 Å². The van der Waals surface area contributed by atoms with Gasteiger partial charge in [-0.25, -0.2) is 4.98 Å². The van der Waals surface area contributed by atoms with Crippen molar-refractivity contribution < 1.29 is 0 Å². The van der Waals surface area contributed by atoms with Crippen LogP contribution in [0.4, 0.5) is 0 Å². The summed E-state index contributed by atoms with van der Waals surface area (Å²) in [6.45, 7) is 4.60. The average molecular weight is 194 g/mol. The van der Waals surface area contributed by atoms with E-state index in [1.54, 1.807) is 0 Å². The maximum Gasteiger partial charge on any atom is 0.0987 e. The Hall–Kier alpha value is -0.700. The second kappa shape index (κ2) is 3.22. The molecule has 1 aliphatic rings. The van der Waals surface area contributed by atoms with E-state index in [4.69, 9.17) is 0 Å². The highest BCUT2D eigenvalue weighted by Gasteiger charge is 2.29. The Morgan fingerprint density at radius 1 is 1.62 bits per heavy atom. The Morgan fingerprint density at radius 3 is 3.00 bits per heavy atom. The maximum atomic E-state index is 4.02. The number of rotatable bonds is 1. The molecule has 2 rings (SSSR count). The minimum atomic E-state index is 0.356. The van der Waals surface area contributed by atoms with E-state index in [1.807, 2.05) is 35.0 Å². The molecule has 13 heavy (non-hydrogen) atoms. The smallest absolute Gasteiger partial charge is 0.0987 e. The van der Waals surface area contributed by atoms with E-state index in [9.17, 15) is 0 Å². The van der Waals surface area contributed by atoms with Crippen LogP contribution in [0.2, 0.25) is 0 Å². The summed E-state index contributed by atoms with van der Waals surface area (Å²) in [6, 6.07) is 0. The lowest BCUT2D eigenvalue weighted by Crippen LogP contribution is -2.07. The summed E-state index contributed by atoms with van der Waals surface area (Å²) in [7, 11) is 0. The van der Waals surface area contributed by atoms with E-state index in [2.05, 4.69) is 25.0 Å². The summed E-state index contributed by atoms with van der Waals surface area (Å²) in [5.74, 6) is 1.24. The molecule has 0 spiro atoms. The molecule has 1 aromatic rings. The highest BCUT2D eigenvalue weighted by molar-refractivity contribution is 8.03. The third-order valence-electron chi connectivity index (χ3n) is 2.44. The minimum absolute atomic E-state index is 0.356. The number of hydrogen-bond donors (Lipinski definition) is 0. The highest BCUT2D eigenvalue weighted by atomic mass is 32.2. The fourth-order valence-electron chi connectivity index (χ4n) is 1.43. The van der Waals surface area contributed by atoms with Gasteiger partial charge < -0.3 is 4.57 Å². The Labute approximate surface area is 83.1 Å². The SMILES string of the molecule is CC1(C)CCSC1=Cn1ccnc1. The molecule has 1 aliphatic heterocycles. The van der Waals surface area contributed by atoms with E-state index in [-0.39, 0.29) is 0 Å². The predicted molar refractivity (Wildman–Crippen MR) is 57.4 cm³/mol. The molecule has 1 aromatic heterocycles. The van der Waals surface area contributed by atoms with Crippen molar-refractivity contribution in [1.29, 1.82) is 0 Å². The molecule has 0 aromatic carbocycles. The summed E-state index contributed by atoms with van der Waals surface area (Å²) >= 11 is 1.96. The first kappa shape index (κ1) is 8.88. The number of allylic oxidation sites excluding steroid dienone is 1. The number of imidazole rings is 1. The Bertz CT molecular complexity index is 312. The van der Waals surface area contributed by atoms with Gasteiger partial charge in [-0.2, -0.15) is 0 Å². The molecule has 0 bridgehead atoms. The molecule has 0 radical (unpaired) electrons. The summed E-state index contributed by atoms with van der Waals surface area (Å²) in [4.78, 5) is 5.48. The van der Waals surface area contributed by atoms with Crippen LogP contribution in [0.15, 0.2) is 23.6 Å². The van der Waals surface area contributed by atoms with Gasteiger partial charge in [-0.05, 0) is 17.6 Å². The largest absolute Gasteiger partial charge is 0.312 e. The number of nitrogens with zero attached hydrogens (tertiary/aromatic N) is 2. The molecule has 0 N–H and O–H groups in total. The van der Waals surface area contributed by atoms with Crippen molar-refractivity contribution in [3.05, 3.63) is 23.6 Å². The van der Waals surface area contributed by atoms with Crippen LogP contribution in [0.5, 0.6) is 0 Å². The van der Waals surface area contributed by atoms with Crippen LogP contribution >= 0.6 is 11.8 Å². The van der Waals surface area contributed by atoms with Gasteiger partial charge >= 0.3 is 0 Å². The van der Waals surface area contributed by atoms with Gasteiger partial charge in [0.25, 0.3) is 0 Å². The van der Waals surface area contributed by atoms with Gasteiger partial charge in [-0.3, -0.25) is 0 Å². The lowest BCUT2D eigenvalue weighted by atomic mass is 9.90. The first-order valence-electron chi connectivity index (χ1n) is 4.51. The average Bonchev–Trinajstić information content (AvgIpc) is 2.63. The van der Waals surface area contributed by atoms with E-state index in [0.29, 0.717) is 5.41 Å². The lowest BCUT2D eigenvalue weighted by Gasteiger charge is -2.17. The van der Waals surface area contributed by atoms with Crippen molar-refractivity contribution in [2.24, 2.45) is 5.41 Å². The van der Waals surface area contributed by atoms with E-state index in [1.165, 1.54) is 17.1 Å². The van der Waals surface area contributed by atoms with Crippen molar-refractivity contribution in [1.82, 2.24) is 9.55 Å². The maximum absolute atomic E-state index is 4.02. The van der Waals surface area contributed by atoms with Gasteiger partial charge in [0.1, 0.15) is 0 Å². The zero-order valence-corrected chi connectivity index (χ0v) is 8.84. The Balaban J connectivity index is 2.26. The molecule has 2 heterocycles. The van der Waals surface area contributed by atoms with Gasteiger partial charge in [0.15, 0.2) is 0 Å². The van der Waals surface area contributed by atoms with Crippen LogP contribution < -0.4 is 0 Å². The van der Waals surface area contributed by atoms with E-state index < -0.39 is 0 Å². The lowest BCUT2D eigenvalue weighted by molar-refractivity contribution is 0.473. The molecule has 3 heteroatoms. The predicted octanol–water partition coefficient (Wildman–Crippen LogP) is 2.84. The van der Waals surface area contributed by atoms with Crippen LogP contribution in [0.25, 0.3) is 6.20 Å². The fraction of sp³-hybridized carbons (Fsp3) is 0.500. The molecule has 2 nitrogen and oxygen atoms in total. The zero-order chi connectivity index (χ0) is 9.31. The summed E-state index contributed by atoms with van der Waals surface area (Å²) < 4.78 is 2.02. The van der Waals surface area contributed by atoms with Gasteiger partial charge in [-0.15, -0.1) is 11.8 Å². The number of aromatic nitrogens is 2. The standard InChI is InChI=1S/C10H14N2S/c1-10(2)3-6-13-9(10)7-12-5-4-11-8-12/h4-5,7-8H,3,6H2,1-2H3. The van der Waals surface area contributed by atoms with Crippen molar-refractivity contribution in [3.8, 4) is 0 Å². The molecule has 1 saturated heterocycles. The van der Waals surface area contributed by atoms with E-state index >= 15 is 0 Å². The molecule has 0 amide bonds. The minimum Gasteiger partial charge on any atom is -0.312 e. The summed E-state index contributed by atoms with van der Waals surface area (Å²) in [5, 5.41) is 0. The van der Waals surface area contributed by atoms with Crippen LogP contribution in [0.1, 0.15) is 20.3 Å². The van der Waals surface area contributed by atoms with Crippen molar-refractivity contribution >= 4 is 18.0 Å². The Kier molecular flexibility index (Phi) is 2.20. The summed E-state index contributed by atoms with van der Waals surface area (Å²) in [6.07, 6.45) is 9.08. The molecular weight excluding hydrogens is 180 g/mol. The van der Waals surface area contributed by atoms with Crippen molar-refractivity contribution in [3.63, 3.8) is 0 Å². The first-order chi connectivity index (χ1) is 6.18. The molecule has 0 unspecified atom stereocenters. The van der Waals surface area contributed by atoms with Gasteiger partial charge in [0.2, 0.25) is 0 Å². The van der Waals surface area contributed by atoms with Crippen LogP contribution in [0.3, 0.4) is 0 Å². The molecule has 0 atom stereocenters. The van der Waals surface area contributed by atoms with Crippen LogP contribution in [-0.2, 0) is 0 Å². The quantitative estimate of drug-likeness (QED) is 0.684. The second-order valence-corrected chi connectivity index (χ2v) is 5.12. The molecule has 0 aliphatic carbocycles. The van der Waals surface area contributed by atoms with Crippen molar-refractivity contribution in [2.75, 3.05) is 5.75 Å². The zero-order valence-electron chi connectivity index (χ0n) is 8.03. The number of thioether (sulfide) groups is 1. The summed E-state index contributed by atoms with van der Waals surface area (Å²) in [5.41, 5.74) is 0.356. The molecular formula is C10H14N2S. The normalized spacial score (nSPS) is 24.0. The Morgan fingerprint density at radius 2 is 2.46 bits per heavy atom. The second-order valence-electron chi connectivity index (χ2n) is 3.99. The monoisotopic (exact) mass is 194 g/mol. The van der Waals surface area contributed by atoms with E-state index in [0.717, 1.165) is 0 Å². The highest BCUT2D eigenvalue weighted by Crippen LogP contribution is 2.46. The van der Waals surface area contributed by atoms with Crippen molar-refractivity contribution in [2.45, 2.75) is 20.3 Å².